The molecule has 2 fully saturated rings. The number of aliphatic carboxylic acids is 1. The molecule has 2 aliphatic heterocycles. The Bertz CT molecular complexity index is 941. The van der Waals surface area contributed by atoms with Crippen molar-refractivity contribution in [3.63, 3.8) is 0 Å². The summed E-state index contributed by atoms with van der Waals surface area (Å²) in [5.41, 5.74) is 3.62. The number of hydrogen-bond donors (Lipinski definition) is 3. The molecule has 0 amide bonds. The zero-order valence-corrected chi connectivity index (χ0v) is 16.8. The zero-order chi connectivity index (χ0) is 20.3. The number of hydrogen-bond acceptors (Lipinski definition) is 5. The lowest BCUT2D eigenvalue weighted by molar-refractivity contribution is -0.172. The molecular weight excluding hydrogens is 372 g/mol. The minimum atomic E-state index is -0.864. The van der Waals surface area contributed by atoms with E-state index in [0.717, 1.165) is 37.2 Å². The lowest BCUT2D eigenvalue weighted by atomic mass is 9.64. The van der Waals surface area contributed by atoms with Crippen molar-refractivity contribution in [1.29, 1.82) is 0 Å². The van der Waals surface area contributed by atoms with Gasteiger partial charge in [0.25, 0.3) is 0 Å². The third-order valence-corrected chi connectivity index (χ3v) is 7.44. The first-order valence-corrected chi connectivity index (χ1v) is 10.4. The molecule has 1 aromatic carbocycles. The van der Waals surface area contributed by atoms with Crippen molar-refractivity contribution >= 4 is 16.9 Å². The molecule has 3 aliphatic rings. The third-order valence-electron chi connectivity index (χ3n) is 7.44. The van der Waals surface area contributed by atoms with E-state index in [9.17, 15) is 15.0 Å². The highest BCUT2D eigenvalue weighted by Gasteiger charge is 2.52. The number of carboxylic acids is 1. The number of fused-ring (bicyclic) bond motifs is 6. The van der Waals surface area contributed by atoms with Crippen molar-refractivity contribution in [1.82, 2.24) is 9.88 Å². The van der Waals surface area contributed by atoms with Crippen LogP contribution in [0.1, 0.15) is 30.1 Å². The maximum atomic E-state index is 12.1. The first-order chi connectivity index (χ1) is 14.0. The molecule has 0 radical (unpaired) electrons. The SMILES string of the molecule is COc1ccc2c3c([nH]c2c1)[C@@H]1C[C@H]2[C@H](C[C@@H](O)[C@H](OC)[C@H]2C(=O)O)CN1CC3. The van der Waals surface area contributed by atoms with E-state index in [2.05, 4.69) is 16.0 Å². The van der Waals surface area contributed by atoms with Gasteiger partial charge in [-0.3, -0.25) is 9.69 Å². The van der Waals surface area contributed by atoms with Crippen molar-refractivity contribution in [3.05, 3.63) is 29.5 Å². The molecule has 2 aromatic rings. The predicted octanol–water partition coefficient (Wildman–Crippen LogP) is 2.19. The first-order valence-electron chi connectivity index (χ1n) is 10.4. The van der Waals surface area contributed by atoms with E-state index in [1.165, 1.54) is 23.8 Å². The monoisotopic (exact) mass is 400 g/mol. The Morgan fingerprint density at radius 3 is 2.83 bits per heavy atom. The van der Waals surface area contributed by atoms with Gasteiger partial charge in [0.2, 0.25) is 0 Å². The maximum Gasteiger partial charge on any atom is 0.309 e. The molecule has 156 valence electrons. The van der Waals surface area contributed by atoms with Gasteiger partial charge in [0.15, 0.2) is 0 Å². The second-order valence-electron chi connectivity index (χ2n) is 8.72. The minimum absolute atomic E-state index is 0.00556. The van der Waals surface area contributed by atoms with Gasteiger partial charge in [-0.05, 0) is 48.8 Å². The van der Waals surface area contributed by atoms with Crippen LogP contribution in [-0.4, -0.2) is 65.6 Å². The van der Waals surface area contributed by atoms with Gasteiger partial charge in [0, 0.05) is 42.9 Å². The molecule has 0 spiro atoms. The largest absolute Gasteiger partial charge is 0.497 e. The number of aliphatic hydroxyl groups excluding tert-OH is 1. The van der Waals surface area contributed by atoms with Crippen molar-refractivity contribution in [3.8, 4) is 5.75 Å². The van der Waals surface area contributed by atoms with Gasteiger partial charge in [-0.15, -0.1) is 0 Å². The van der Waals surface area contributed by atoms with Crippen LogP contribution in [0.4, 0.5) is 0 Å². The van der Waals surface area contributed by atoms with Crippen LogP contribution in [0.2, 0.25) is 0 Å². The second kappa shape index (κ2) is 7.00. The number of nitrogens with one attached hydrogen (secondary N) is 1. The quantitative estimate of drug-likeness (QED) is 0.731. The van der Waals surface area contributed by atoms with Crippen LogP contribution in [-0.2, 0) is 16.0 Å². The van der Waals surface area contributed by atoms with E-state index in [-0.39, 0.29) is 17.9 Å². The Kier molecular flexibility index (Phi) is 4.57. The van der Waals surface area contributed by atoms with Gasteiger partial charge in [-0.25, -0.2) is 0 Å². The summed E-state index contributed by atoms with van der Waals surface area (Å²) in [5, 5.41) is 21.7. The molecule has 6 atom stereocenters. The molecule has 7 nitrogen and oxygen atoms in total. The number of aromatic nitrogens is 1. The average Bonchev–Trinajstić information content (AvgIpc) is 3.09. The van der Waals surface area contributed by atoms with Crippen molar-refractivity contribution in [2.45, 2.75) is 37.5 Å². The number of piperidine rings is 1. The zero-order valence-electron chi connectivity index (χ0n) is 16.8. The van der Waals surface area contributed by atoms with E-state index in [4.69, 9.17) is 9.47 Å². The van der Waals surface area contributed by atoms with E-state index in [1.807, 2.05) is 12.1 Å². The van der Waals surface area contributed by atoms with Crippen LogP contribution in [0.25, 0.3) is 10.9 Å². The van der Waals surface area contributed by atoms with Crippen LogP contribution >= 0.6 is 0 Å². The summed E-state index contributed by atoms with van der Waals surface area (Å²) in [6.07, 6.45) is 0.981. The average molecular weight is 400 g/mol. The number of rotatable bonds is 3. The summed E-state index contributed by atoms with van der Waals surface area (Å²) in [6.45, 7) is 1.78. The fourth-order valence-corrected chi connectivity index (χ4v) is 6.15. The Morgan fingerprint density at radius 2 is 2.10 bits per heavy atom. The fraction of sp³-hybridized carbons (Fsp3) is 0.591. The predicted molar refractivity (Wildman–Crippen MR) is 107 cm³/mol. The summed E-state index contributed by atoms with van der Waals surface area (Å²) in [4.78, 5) is 18.2. The maximum absolute atomic E-state index is 12.1. The van der Waals surface area contributed by atoms with Gasteiger partial charge in [-0.2, -0.15) is 0 Å². The van der Waals surface area contributed by atoms with Gasteiger partial charge in [0.1, 0.15) is 5.75 Å². The highest BCUT2D eigenvalue weighted by atomic mass is 16.5. The molecule has 3 heterocycles. The lowest BCUT2D eigenvalue weighted by Crippen LogP contribution is -2.57. The Hall–Kier alpha value is -2.09. The number of aliphatic hydroxyl groups is 1. The van der Waals surface area contributed by atoms with Gasteiger partial charge >= 0.3 is 5.97 Å². The molecule has 1 saturated heterocycles. The van der Waals surface area contributed by atoms with E-state index in [1.54, 1.807) is 7.11 Å². The molecule has 0 bridgehead atoms. The number of carboxylic acid groups (broad SMARTS) is 1. The number of H-pyrrole nitrogens is 1. The van der Waals surface area contributed by atoms with Crippen molar-refractivity contribution < 1.29 is 24.5 Å². The van der Waals surface area contributed by atoms with Crippen LogP contribution in [0.5, 0.6) is 5.75 Å². The van der Waals surface area contributed by atoms with Crippen LogP contribution in [0.15, 0.2) is 18.2 Å². The fourth-order valence-electron chi connectivity index (χ4n) is 6.15. The molecule has 1 saturated carbocycles. The standard InChI is InChI=1S/C22H28N2O5/c1-28-12-3-4-13-14-5-6-24-10-11-7-18(25)21(29-2)19(22(26)27)15(11)9-17(24)20(14)23-16(13)8-12/h3-4,8,11,15,17-19,21,23,25H,5-7,9-10H2,1-2H3,(H,26,27)/t11-,15+,17+,18-,19+,21+/m1/s1. The van der Waals surface area contributed by atoms with Crippen LogP contribution in [0, 0.1) is 17.8 Å². The van der Waals surface area contributed by atoms with Crippen molar-refractivity contribution in [2.24, 2.45) is 17.8 Å². The molecule has 3 N–H and O–H groups in total. The number of carbonyl (C=O) groups is 1. The first kappa shape index (κ1) is 18.9. The molecule has 1 aromatic heterocycles. The van der Waals surface area contributed by atoms with Crippen LogP contribution in [0.3, 0.4) is 0 Å². The Balaban J connectivity index is 1.52. The highest BCUT2D eigenvalue weighted by Crippen LogP contribution is 2.49. The van der Waals surface area contributed by atoms with Gasteiger partial charge in [0.05, 0.1) is 31.3 Å². The van der Waals surface area contributed by atoms with E-state index in [0.29, 0.717) is 6.42 Å². The van der Waals surface area contributed by atoms with Crippen molar-refractivity contribution in [2.75, 3.05) is 27.3 Å². The topological polar surface area (TPSA) is 95.0 Å². The molecule has 0 unspecified atom stereocenters. The number of nitrogens with zero attached hydrogens (tertiary/aromatic N) is 1. The lowest BCUT2D eigenvalue weighted by Gasteiger charge is -2.52. The molecule has 29 heavy (non-hydrogen) atoms. The number of ether oxygens (including phenoxy) is 2. The van der Waals surface area contributed by atoms with E-state index < -0.39 is 24.1 Å². The molecule has 7 heteroatoms. The number of aromatic amines is 1. The summed E-state index contributed by atoms with van der Waals surface area (Å²) < 4.78 is 10.8. The second-order valence-corrected chi connectivity index (χ2v) is 8.72. The molecule has 5 rings (SSSR count). The Morgan fingerprint density at radius 1 is 1.28 bits per heavy atom. The third kappa shape index (κ3) is 2.86. The van der Waals surface area contributed by atoms with Gasteiger partial charge < -0.3 is 24.7 Å². The summed E-state index contributed by atoms with van der Waals surface area (Å²) in [5.74, 6) is -0.539. The van der Waals surface area contributed by atoms with Crippen LogP contribution < -0.4 is 4.74 Å². The normalized spacial score (nSPS) is 34.3. The highest BCUT2D eigenvalue weighted by molar-refractivity contribution is 5.86. The summed E-state index contributed by atoms with van der Waals surface area (Å²) in [7, 11) is 3.17. The van der Waals surface area contributed by atoms with Gasteiger partial charge in [-0.1, -0.05) is 0 Å². The van der Waals surface area contributed by atoms with E-state index >= 15 is 0 Å². The number of methoxy groups -OCH3 is 2. The molecular formula is C22H28N2O5. The summed E-state index contributed by atoms with van der Waals surface area (Å²) >= 11 is 0. The molecule has 1 aliphatic carbocycles. The summed E-state index contributed by atoms with van der Waals surface area (Å²) in [6, 6.07) is 6.31. The Labute approximate surface area is 169 Å². The smallest absolute Gasteiger partial charge is 0.309 e. The number of benzene rings is 1. The minimum Gasteiger partial charge on any atom is -0.497 e.